The molecule has 2 rings (SSSR count). The highest BCUT2D eigenvalue weighted by Crippen LogP contribution is 2.16. The van der Waals surface area contributed by atoms with E-state index in [4.69, 9.17) is 0 Å². The molecule has 0 aliphatic carbocycles. The largest absolute Gasteiger partial charge is 0.347 e. The van der Waals surface area contributed by atoms with Crippen LogP contribution >= 0.6 is 0 Å². The van der Waals surface area contributed by atoms with Crippen LogP contribution in [0.4, 0.5) is 0 Å². The van der Waals surface area contributed by atoms with E-state index in [9.17, 15) is 9.59 Å². The van der Waals surface area contributed by atoms with Crippen molar-refractivity contribution in [3.05, 3.63) is 35.9 Å². The lowest BCUT2D eigenvalue weighted by molar-refractivity contribution is -0.134. The lowest BCUT2D eigenvalue weighted by Gasteiger charge is -2.25. The molecule has 1 aliphatic heterocycles. The minimum atomic E-state index is -0.485. The number of carbonyl (C=O) groups excluding carboxylic acids is 2. The normalized spacial score (nSPS) is 19.0. The summed E-state index contributed by atoms with van der Waals surface area (Å²) in [5.41, 5.74) is 1.30. The second-order valence-electron chi connectivity index (χ2n) is 7.10. The molecule has 2 unspecified atom stereocenters. The number of likely N-dealkylation sites (tertiary alicyclic amines) is 1. The molecule has 2 amide bonds. The Morgan fingerprint density at radius 3 is 2.56 bits per heavy atom. The number of benzene rings is 1. The smallest absolute Gasteiger partial charge is 0.244 e. The maximum atomic E-state index is 12.2. The molecule has 0 radical (unpaired) electrons. The van der Waals surface area contributed by atoms with Crippen molar-refractivity contribution in [2.24, 2.45) is 0 Å². The van der Waals surface area contributed by atoms with Crippen molar-refractivity contribution < 1.29 is 9.59 Å². The Kier molecular flexibility index (Phi) is 6.96. The van der Waals surface area contributed by atoms with Gasteiger partial charge < -0.3 is 10.2 Å². The quantitative estimate of drug-likeness (QED) is 0.793. The molecule has 1 fully saturated rings. The average molecular weight is 346 g/mol. The lowest BCUT2D eigenvalue weighted by Crippen LogP contribution is -2.47. The van der Waals surface area contributed by atoms with Crippen molar-refractivity contribution in [2.75, 3.05) is 40.8 Å². The third-order valence-electron chi connectivity index (χ3n) is 4.70. The zero-order valence-electron chi connectivity index (χ0n) is 15.7. The van der Waals surface area contributed by atoms with Gasteiger partial charge in [-0.2, -0.15) is 0 Å². The van der Waals surface area contributed by atoms with Crippen molar-refractivity contribution in [3.8, 4) is 0 Å². The molecule has 25 heavy (non-hydrogen) atoms. The second kappa shape index (κ2) is 8.97. The predicted molar refractivity (Wildman–Crippen MR) is 99.1 cm³/mol. The van der Waals surface area contributed by atoms with E-state index in [1.807, 2.05) is 6.07 Å². The van der Waals surface area contributed by atoms with Crippen molar-refractivity contribution in [2.45, 2.75) is 32.0 Å². The first kappa shape index (κ1) is 19.4. The van der Waals surface area contributed by atoms with Crippen molar-refractivity contribution in [1.29, 1.82) is 0 Å². The molecule has 6 heteroatoms. The van der Waals surface area contributed by atoms with E-state index in [1.54, 1.807) is 21.0 Å². The first-order valence-corrected chi connectivity index (χ1v) is 8.84. The summed E-state index contributed by atoms with van der Waals surface area (Å²) in [7, 11) is 5.52. The van der Waals surface area contributed by atoms with Crippen LogP contribution in [0.3, 0.4) is 0 Å². The van der Waals surface area contributed by atoms with E-state index in [0.717, 1.165) is 26.1 Å². The highest BCUT2D eigenvalue weighted by atomic mass is 16.2. The van der Waals surface area contributed by atoms with Crippen LogP contribution in [-0.2, 0) is 16.1 Å². The number of hydrogen-bond donors (Lipinski definition) is 1. The van der Waals surface area contributed by atoms with Crippen LogP contribution in [0.1, 0.15) is 18.9 Å². The Morgan fingerprint density at radius 2 is 1.92 bits per heavy atom. The number of amides is 2. The van der Waals surface area contributed by atoms with Crippen LogP contribution < -0.4 is 5.32 Å². The maximum absolute atomic E-state index is 12.2. The Balaban J connectivity index is 1.76. The average Bonchev–Trinajstić information content (AvgIpc) is 3.03. The van der Waals surface area contributed by atoms with Crippen LogP contribution in [0, 0.1) is 0 Å². The maximum Gasteiger partial charge on any atom is 0.244 e. The lowest BCUT2D eigenvalue weighted by atomic mass is 10.1. The topological polar surface area (TPSA) is 55.9 Å². The van der Waals surface area contributed by atoms with Crippen LogP contribution in [0.15, 0.2) is 30.3 Å². The molecule has 1 aromatic rings. The molecule has 1 saturated heterocycles. The van der Waals surface area contributed by atoms with Gasteiger partial charge in [-0.25, -0.2) is 0 Å². The molecule has 0 aromatic heterocycles. The third kappa shape index (κ3) is 5.83. The summed E-state index contributed by atoms with van der Waals surface area (Å²) in [6.45, 7) is 4.78. The van der Waals surface area contributed by atoms with Gasteiger partial charge in [-0.15, -0.1) is 0 Å². The van der Waals surface area contributed by atoms with E-state index in [1.165, 1.54) is 10.5 Å². The molecule has 0 bridgehead atoms. The van der Waals surface area contributed by atoms with E-state index in [0.29, 0.717) is 12.6 Å². The Morgan fingerprint density at radius 1 is 1.24 bits per heavy atom. The molecule has 6 nitrogen and oxygen atoms in total. The Hall–Kier alpha value is -1.92. The fourth-order valence-corrected chi connectivity index (χ4v) is 3.26. The minimum Gasteiger partial charge on any atom is -0.347 e. The van der Waals surface area contributed by atoms with Gasteiger partial charge in [-0.3, -0.25) is 19.4 Å². The summed E-state index contributed by atoms with van der Waals surface area (Å²) < 4.78 is 0. The summed E-state index contributed by atoms with van der Waals surface area (Å²) in [5, 5.41) is 2.79. The van der Waals surface area contributed by atoms with E-state index in [2.05, 4.69) is 46.4 Å². The molecular weight excluding hydrogens is 316 g/mol. The fraction of sp³-hybridized carbons (Fsp3) is 0.579. The van der Waals surface area contributed by atoms with Crippen LogP contribution in [0.5, 0.6) is 0 Å². The van der Waals surface area contributed by atoms with Crippen molar-refractivity contribution in [3.63, 3.8) is 0 Å². The zero-order chi connectivity index (χ0) is 18.4. The van der Waals surface area contributed by atoms with Crippen molar-refractivity contribution >= 4 is 11.8 Å². The molecular formula is C19H30N4O2. The van der Waals surface area contributed by atoms with E-state index >= 15 is 0 Å². The highest BCUT2D eigenvalue weighted by molar-refractivity contribution is 5.87. The summed E-state index contributed by atoms with van der Waals surface area (Å²) in [5.74, 6) is -0.177. The summed E-state index contributed by atoms with van der Waals surface area (Å²) >= 11 is 0. The second-order valence-corrected chi connectivity index (χ2v) is 7.10. The highest BCUT2D eigenvalue weighted by Gasteiger charge is 2.27. The van der Waals surface area contributed by atoms with Gasteiger partial charge in [-0.1, -0.05) is 30.3 Å². The Bertz CT molecular complexity index is 576. The molecule has 2 atom stereocenters. The van der Waals surface area contributed by atoms with Gasteiger partial charge in [0.25, 0.3) is 0 Å². The molecule has 1 aromatic carbocycles. The SMILES string of the molecule is CC(NC(=O)CN1CCC(N(C)Cc2ccccc2)C1)C(=O)N(C)C. The predicted octanol–water partition coefficient (Wildman–Crippen LogP) is 0.786. The van der Waals surface area contributed by atoms with E-state index in [-0.39, 0.29) is 11.8 Å². The van der Waals surface area contributed by atoms with Gasteiger partial charge in [0.1, 0.15) is 6.04 Å². The van der Waals surface area contributed by atoms with Gasteiger partial charge in [-0.05, 0) is 26.0 Å². The number of likely N-dealkylation sites (N-methyl/N-ethyl adjacent to an activating group) is 2. The molecule has 0 saturated carbocycles. The number of carbonyl (C=O) groups is 2. The Labute approximate surface area is 150 Å². The summed E-state index contributed by atoms with van der Waals surface area (Å²) in [6, 6.07) is 10.4. The third-order valence-corrected chi connectivity index (χ3v) is 4.70. The first-order valence-electron chi connectivity index (χ1n) is 8.84. The van der Waals surface area contributed by atoms with Gasteiger partial charge in [0, 0.05) is 39.8 Å². The van der Waals surface area contributed by atoms with Gasteiger partial charge in [0.2, 0.25) is 11.8 Å². The van der Waals surface area contributed by atoms with E-state index < -0.39 is 6.04 Å². The van der Waals surface area contributed by atoms with Crippen LogP contribution in [-0.4, -0.2) is 79.4 Å². The summed E-state index contributed by atoms with van der Waals surface area (Å²) in [4.78, 5) is 30.0. The summed E-state index contributed by atoms with van der Waals surface area (Å²) in [6.07, 6.45) is 1.06. The minimum absolute atomic E-state index is 0.0877. The zero-order valence-corrected chi connectivity index (χ0v) is 15.7. The number of rotatable bonds is 7. The molecule has 1 aliphatic rings. The fourth-order valence-electron chi connectivity index (χ4n) is 3.26. The monoisotopic (exact) mass is 346 g/mol. The first-order chi connectivity index (χ1) is 11.9. The van der Waals surface area contributed by atoms with Crippen LogP contribution in [0.2, 0.25) is 0 Å². The standard InChI is InChI=1S/C19H30N4O2/c1-15(19(25)21(2)3)20-18(24)14-23-11-10-17(13-23)22(4)12-16-8-6-5-7-9-16/h5-9,15,17H,10-14H2,1-4H3,(H,20,24). The van der Waals surface area contributed by atoms with Gasteiger partial charge >= 0.3 is 0 Å². The number of nitrogens with one attached hydrogen (secondary N) is 1. The van der Waals surface area contributed by atoms with Crippen molar-refractivity contribution in [1.82, 2.24) is 20.0 Å². The molecule has 1 N–H and O–H groups in total. The number of hydrogen-bond acceptors (Lipinski definition) is 4. The molecule has 138 valence electrons. The number of nitrogens with zero attached hydrogens (tertiary/aromatic N) is 3. The van der Waals surface area contributed by atoms with Gasteiger partial charge in [0.05, 0.1) is 6.54 Å². The molecule has 1 heterocycles. The van der Waals surface area contributed by atoms with Gasteiger partial charge in [0.15, 0.2) is 0 Å². The molecule has 0 spiro atoms. The van der Waals surface area contributed by atoms with Crippen LogP contribution in [0.25, 0.3) is 0 Å².